The molecule has 0 saturated carbocycles. The smallest absolute Gasteiger partial charge is 0.376 e. The second-order valence-corrected chi connectivity index (χ2v) is 15.4. The van der Waals surface area contributed by atoms with Crippen molar-refractivity contribution >= 4 is 37.1 Å². The molecule has 232 valence electrons. The molecule has 1 saturated heterocycles. The van der Waals surface area contributed by atoms with Crippen molar-refractivity contribution in [2.45, 2.75) is 49.0 Å². The van der Waals surface area contributed by atoms with Crippen molar-refractivity contribution in [2.24, 2.45) is 5.92 Å². The minimum atomic E-state index is -5.01. The minimum Gasteiger partial charge on any atom is -0.376 e. The number of sulfonamides is 2. The van der Waals surface area contributed by atoms with E-state index in [4.69, 9.17) is 0 Å². The van der Waals surface area contributed by atoms with Gasteiger partial charge in [-0.15, -0.1) is 11.3 Å². The Bertz CT molecular complexity index is 1380. The summed E-state index contributed by atoms with van der Waals surface area (Å²) in [6, 6.07) is 6.56. The Balaban J connectivity index is 2.01. The first kappa shape index (κ1) is 33.6. The Morgan fingerprint density at radius 3 is 2.12 bits per heavy atom. The Morgan fingerprint density at radius 2 is 1.63 bits per heavy atom. The summed E-state index contributed by atoms with van der Waals surface area (Å²) in [6.07, 6.45) is -9.98. The first-order chi connectivity index (χ1) is 18.6. The van der Waals surface area contributed by atoms with E-state index in [0.717, 1.165) is 27.8 Å². The first-order valence-electron chi connectivity index (χ1n) is 12.4. The van der Waals surface area contributed by atoms with E-state index in [9.17, 15) is 48.3 Å². The number of alkyl halides is 6. The monoisotopic (exact) mass is 651 g/mol. The van der Waals surface area contributed by atoms with E-state index in [1.807, 2.05) is 0 Å². The summed E-state index contributed by atoms with van der Waals surface area (Å²) in [6.45, 7) is 2.66. The lowest BCUT2D eigenvalue weighted by molar-refractivity contribution is -0.258. The molecular formula is C24H31F6N3O5S3. The zero-order valence-corrected chi connectivity index (χ0v) is 24.8. The van der Waals surface area contributed by atoms with Gasteiger partial charge in [0.1, 0.15) is 4.21 Å². The summed E-state index contributed by atoms with van der Waals surface area (Å²) in [4.78, 5) is 1.56. The Labute approximate surface area is 239 Å². The van der Waals surface area contributed by atoms with Gasteiger partial charge in [-0.25, -0.2) is 16.8 Å². The molecule has 1 aliphatic rings. The molecule has 0 aliphatic carbocycles. The van der Waals surface area contributed by atoms with Crippen LogP contribution in [0.2, 0.25) is 0 Å². The van der Waals surface area contributed by atoms with Crippen molar-refractivity contribution in [3.05, 3.63) is 47.3 Å². The lowest BCUT2D eigenvalue weighted by Crippen LogP contribution is -2.59. The first-order valence-corrected chi connectivity index (χ1v) is 16.3. The molecule has 41 heavy (non-hydrogen) atoms. The molecule has 1 N–H and O–H groups in total. The number of nitrogens with zero attached hydrogens (tertiary/aromatic N) is 3. The van der Waals surface area contributed by atoms with Crippen LogP contribution in [0.5, 0.6) is 0 Å². The predicted molar refractivity (Wildman–Crippen MR) is 143 cm³/mol. The third-order valence-corrected chi connectivity index (χ3v) is 11.6. The number of anilines is 1. The number of halogens is 6. The summed E-state index contributed by atoms with van der Waals surface area (Å²) in [7, 11) is -8.86. The van der Waals surface area contributed by atoms with Crippen molar-refractivity contribution in [1.82, 2.24) is 8.61 Å². The van der Waals surface area contributed by atoms with Gasteiger partial charge in [0.15, 0.2) is 11.4 Å². The average molecular weight is 652 g/mol. The zero-order valence-electron chi connectivity index (χ0n) is 22.4. The summed E-state index contributed by atoms with van der Waals surface area (Å²) in [5, 5.41) is 11.6. The largest absolute Gasteiger partial charge is 0.421 e. The van der Waals surface area contributed by atoms with Gasteiger partial charge in [-0.3, -0.25) is 0 Å². The van der Waals surface area contributed by atoms with Crippen LogP contribution in [-0.4, -0.2) is 87.4 Å². The highest BCUT2D eigenvalue weighted by atomic mass is 32.2. The fourth-order valence-electron chi connectivity index (χ4n) is 4.46. The number of benzene rings is 1. The fraction of sp³-hybridized carbons (Fsp3) is 0.583. The summed E-state index contributed by atoms with van der Waals surface area (Å²) >= 11 is 0.971. The van der Waals surface area contributed by atoms with Crippen LogP contribution in [0.25, 0.3) is 0 Å². The standard InChI is InChI=1S/C24H31F6N3O5S3/c1-17(2)13-32(40(35,36)16-23(25,26)27)15-20-14-31(41(37,38)21-5-4-12-39-21)10-11-33(20)19-8-6-18(7-9-19)22(3,34)24(28,29)30/h4-9,12,17,20,34H,10-11,13-16H2,1-3H3/t20-,22?/m1/s1. The minimum absolute atomic E-state index is 0.0287. The zero-order chi connectivity index (χ0) is 31.0. The van der Waals surface area contributed by atoms with Crippen molar-refractivity contribution < 1.29 is 48.3 Å². The highest BCUT2D eigenvalue weighted by molar-refractivity contribution is 7.91. The van der Waals surface area contributed by atoms with E-state index in [2.05, 4.69) is 0 Å². The van der Waals surface area contributed by atoms with E-state index in [-0.39, 0.29) is 42.0 Å². The highest BCUT2D eigenvalue weighted by Gasteiger charge is 2.51. The van der Waals surface area contributed by atoms with E-state index in [1.54, 1.807) is 24.1 Å². The Hall–Kier alpha value is -1.92. The van der Waals surface area contributed by atoms with Crippen molar-refractivity contribution in [3.63, 3.8) is 0 Å². The molecule has 1 aromatic carbocycles. The molecule has 0 amide bonds. The van der Waals surface area contributed by atoms with Crippen molar-refractivity contribution in [3.8, 4) is 0 Å². The maximum atomic E-state index is 13.3. The van der Waals surface area contributed by atoms with Gasteiger partial charge in [-0.1, -0.05) is 32.0 Å². The SMILES string of the molecule is CC(C)CN(C[C@H]1CN(S(=O)(=O)c2cccs2)CCN1c1ccc(C(C)(O)C(F)(F)F)cc1)S(=O)(=O)CC(F)(F)F. The van der Waals surface area contributed by atoms with Gasteiger partial charge in [0.2, 0.25) is 10.0 Å². The third kappa shape index (κ3) is 7.93. The van der Waals surface area contributed by atoms with Crippen LogP contribution in [0.15, 0.2) is 46.0 Å². The molecular weight excluding hydrogens is 620 g/mol. The van der Waals surface area contributed by atoms with E-state index in [1.165, 1.54) is 24.3 Å². The second-order valence-electron chi connectivity index (χ2n) is 10.3. The molecule has 0 spiro atoms. The predicted octanol–water partition coefficient (Wildman–Crippen LogP) is 4.25. The number of aliphatic hydroxyl groups is 1. The van der Waals surface area contributed by atoms with Crippen LogP contribution in [0.1, 0.15) is 26.3 Å². The number of rotatable bonds is 10. The van der Waals surface area contributed by atoms with Gasteiger partial charge in [-0.05, 0) is 42.0 Å². The average Bonchev–Trinajstić information content (AvgIpc) is 3.37. The maximum absolute atomic E-state index is 13.3. The second kappa shape index (κ2) is 12.0. The third-order valence-electron chi connectivity index (χ3n) is 6.57. The molecule has 2 aromatic rings. The van der Waals surface area contributed by atoms with Gasteiger partial charge >= 0.3 is 12.4 Å². The van der Waals surface area contributed by atoms with Gasteiger partial charge in [0.05, 0.1) is 6.04 Å². The van der Waals surface area contributed by atoms with E-state index >= 15 is 0 Å². The van der Waals surface area contributed by atoms with Crippen LogP contribution in [0, 0.1) is 5.92 Å². The lowest BCUT2D eigenvalue weighted by atomic mass is 9.95. The van der Waals surface area contributed by atoms with Crippen LogP contribution in [-0.2, 0) is 25.6 Å². The molecule has 1 aliphatic heterocycles. The number of piperazine rings is 1. The van der Waals surface area contributed by atoms with Crippen molar-refractivity contribution in [2.75, 3.05) is 43.4 Å². The Morgan fingerprint density at radius 1 is 1.02 bits per heavy atom. The summed E-state index contributed by atoms with van der Waals surface area (Å²) in [5.41, 5.74) is -3.33. The quantitative estimate of drug-likeness (QED) is 0.386. The highest BCUT2D eigenvalue weighted by Crippen LogP contribution is 2.39. The number of thiophene rings is 1. The number of hydrogen-bond donors (Lipinski definition) is 1. The molecule has 2 heterocycles. The maximum Gasteiger partial charge on any atom is 0.421 e. The van der Waals surface area contributed by atoms with Gasteiger partial charge < -0.3 is 10.0 Å². The van der Waals surface area contributed by atoms with Gasteiger partial charge in [0, 0.05) is 38.4 Å². The molecule has 1 unspecified atom stereocenters. The van der Waals surface area contributed by atoms with Crippen LogP contribution >= 0.6 is 11.3 Å². The van der Waals surface area contributed by atoms with Gasteiger partial charge in [-0.2, -0.15) is 35.0 Å². The topological polar surface area (TPSA) is 98.2 Å². The fourth-order valence-corrected chi connectivity index (χ4v) is 8.60. The number of hydrogen-bond acceptors (Lipinski definition) is 7. The molecule has 0 bridgehead atoms. The molecule has 2 atom stereocenters. The summed E-state index contributed by atoms with van der Waals surface area (Å²) in [5.74, 6) is -2.47. The van der Waals surface area contributed by atoms with E-state index < -0.39 is 61.9 Å². The summed E-state index contributed by atoms with van der Waals surface area (Å²) < 4.78 is 133. The lowest BCUT2D eigenvalue weighted by Gasteiger charge is -2.44. The molecule has 1 fully saturated rings. The molecule has 3 rings (SSSR count). The van der Waals surface area contributed by atoms with E-state index in [0.29, 0.717) is 11.2 Å². The molecule has 1 aromatic heterocycles. The van der Waals surface area contributed by atoms with Crippen LogP contribution in [0.4, 0.5) is 32.0 Å². The molecule has 0 radical (unpaired) electrons. The van der Waals surface area contributed by atoms with Crippen LogP contribution < -0.4 is 4.90 Å². The van der Waals surface area contributed by atoms with Crippen molar-refractivity contribution in [1.29, 1.82) is 0 Å². The normalized spacial score (nSPS) is 19.6. The van der Waals surface area contributed by atoms with Gasteiger partial charge in [0.25, 0.3) is 10.0 Å². The van der Waals surface area contributed by atoms with Crippen LogP contribution in [0.3, 0.4) is 0 Å². The molecule has 17 heteroatoms. The molecule has 8 nitrogen and oxygen atoms in total. The Kier molecular flexibility index (Phi) is 9.82.